The summed E-state index contributed by atoms with van der Waals surface area (Å²) in [6, 6.07) is 0.440. The Kier molecular flexibility index (Phi) is 9.33. The van der Waals surface area contributed by atoms with Crippen molar-refractivity contribution in [2.24, 2.45) is 16.8 Å². The molecular formula is C32H50N4O4. The number of amides is 2. The highest BCUT2D eigenvalue weighted by Gasteiger charge is 2.50. The van der Waals surface area contributed by atoms with Gasteiger partial charge in [0.25, 0.3) is 5.91 Å². The standard InChI is InChI=1S/C32H50N4O4/c1-4-5-11-26-22-36(21-25-9-7-6-8-10-25)31(39)40-32(26)14-18-34(19-15-32)27-12-16-35(17-13-27)30(38)29-23(2)28(37)20-33-24(29)3/h25-27H,4-22H2,1-3H3. The zero-order valence-electron chi connectivity index (χ0n) is 25.1. The van der Waals surface area contributed by atoms with E-state index < -0.39 is 0 Å². The maximum atomic E-state index is 13.3. The predicted octanol–water partition coefficient (Wildman–Crippen LogP) is 5.01. The number of carbonyl (C=O) groups is 3. The summed E-state index contributed by atoms with van der Waals surface area (Å²) in [5.41, 5.74) is 1.42. The van der Waals surface area contributed by atoms with E-state index in [1.165, 1.54) is 44.9 Å². The Hall–Kier alpha value is -2.22. The molecule has 0 radical (unpaired) electrons. The first-order valence-electron chi connectivity index (χ1n) is 16.1. The molecule has 0 N–H and O–H groups in total. The van der Waals surface area contributed by atoms with Crippen molar-refractivity contribution in [3.8, 4) is 0 Å². The maximum absolute atomic E-state index is 13.3. The Labute approximate surface area is 240 Å². The highest BCUT2D eigenvalue weighted by molar-refractivity contribution is 6.27. The summed E-state index contributed by atoms with van der Waals surface area (Å²) < 4.78 is 6.42. The second-order valence-corrected chi connectivity index (χ2v) is 13.1. The largest absolute Gasteiger partial charge is 0.442 e. The summed E-state index contributed by atoms with van der Waals surface area (Å²) in [6.45, 7) is 11.0. The minimum atomic E-state index is -0.323. The van der Waals surface area contributed by atoms with E-state index in [4.69, 9.17) is 4.74 Å². The molecule has 3 saturated heterocycles. The summed E-state index contributed by atoms with van der Waals surface area (Å²) in [5, 5.41) is 0. The molecule has 40 heavy (non-hydrogen) atoms. The normalized spacial score (nSPS) is 27.3. The smallest absolute Gasteiger partial charge is 0.410 e. The monoisotopic (exact) mass is 554 g/mol. The summed E-state index contributed by atoms with van der Waals surface area (Å²) in [5.74, 6) is 0.948. The van der Waals surface area contributed by atoms with Crippen LogP contribution in [0.15, 0.2) is 16.1 Å². The van der Waals surface area contributed by atoms with Crippen LogP contribution in [0.25, 0.3) is 0 Å². The fraction of sp³-hybridized carbons (Fsp3) is 0.812. The lowest BCUT2D eigenvalue weighted by Crippen LogP contribution is -2.61. The van der Waals surface area contributed by atoms with E-state index in [2.05, 4.69) is 16.8 Å². The van der Waals surface area contributed by atoms with Gasteiger partial charge in [-0.25, -0.2) is 4.79 Å². The molecule has 1 aliphatic carbocycles. The SMILES string of the molecule is CCCCC1CN(CC2CCCCC2)C(=O)OC12CCN(C1CCN(C(=O)C3=C(C)C(=O)CN=C3C)CC1)CC2. The van der Waals surface area contributed by atoms with E-state index in [-0.39, 0.29) is 29.9 Å². The topological polar surface area (TPSA) is 82.5 Å². The van der Waals surface area contributed by atoms with Gasteiger partial charge in [-0.1, -0.05) is 39.0 Å². The zero-order chi connectivity index (χ0) is 28.3. The van der Waals surface area contributed by atoms with E-state index in [0.717, 1.165) is 58.3 Å². The lowest BCUT2D eigenvalue weighted by Gasteiger charge is -2.52. The van der Waals surface area contributed by atoms with Crippen LogP contribution in [0, 0.1) is 11.8 Å². The molecule has 4 aliphatic heterocycles. The molecule has 4 heterocycles. The maximum Gasteiger partial charge on any atom is 0.410 e. The molecule has 8 nitrogen and oxygen atoms in total. The van der Waals surface area contributed by atoms with Crippen LogP contribution in [0.2, 0.25) is 0 Å². The number of likely N-dealkylation sites (tertiary alicyclic amines) is 2. The van der Waals surface area contributed by atoms with E-state index in [1.807, 2.05) is 16.7 Å². The predicted molar refractivity (Wildman–Crippen MR) is 156 cm³/mol. The molecule has 8 heteroatoms. The Bertz CT molecular complexity index is 1010. The lowest BCUT2D eigenvalue weighted by molar-refractivity contribution is -0.132. The van der Waals surface area contributed by atoms with Gasteiger partial charge in [0, 0.05) is 75.4 Å². The molecular weight excluding hydrogens is 504 g/mol. The Morgan fingerprint density at radius 2 is 1.70 bits per heavy atom. The number of rotatable bonds is 7. The van der Waals surface area contributed by atoms with E-state index >= 15 is 0 Å². The quantitative estimate of drug-likeness (QED) is 0.442. The van der Waals surface area contributed by atoms with Gasteiger partial charge >= 0.3 is 6.09 Å². The van der Waals surface area contributed by atoms with Gasteiger partial charge in [0.2, 0.25) is 0 Å². The molecule has 1 saturated carbocycles. The fourth-order valence-corrected chi connectivity index (χ4v) is 7.95. The van der Waals surface area contributed by atoms with E-state index in [1.54, 1.807) is 6.92 Å². The number of hydrogen-bond acceptors (Lipinski definition) is 6. The van der Waals surface area contributed by atoms with Crippen LogP contribution >= 0.6 is 0 Å². The van der Waals surface area contributed by atoms with Gasteiger partial charge in [-0.3, -0.25) is 19.5 Å². The van der Waals surface area contributed by atoms with Crippen molar-refractivity contribution < 1.29 is 19.1 Å². The number of ketones is 1. The molecule has 1 atom stereocenters. The van der Waals surface area contributed by atoms with Gasteiger partial charge in [0.15, 0.2) is 5.78 Å². The van der Waals surface area contributed by atoms with Gasteiger partial charge in [-0.15, -0.1) is 0 Å². The Balaban J connectivity index is 1.16. The van der Waals surface area contributed by atoms with Gasteiger partial charge in [0.1, 0.15) is 12.1 Å². The number of nitrogens with zero attached hydrogens (tertiary/aromatic N) is 4. The minimum Gasteiger partial charge on any atom is -0.442 e. The van der Waals surface area contributed by atoms with Gasteiger partial charge in [-0.2, -0.15) is 0 Å². The first kappa shape index (κ1) is 29.3. The number of ether oxygens (including phenoxy) is 1. The number of hydrogen-bond donors (Lipinski definition) is 0. The van der Waals surface area contributed by atoms with Crippen LogP contribution in [0.1, 0.15) is 97.8 Å². The molecule has 0 aromatic carbocycles. The molecule has 4 fully saturated rings. The summed E-state index contributed by atoms with van der Waals surface area (Å²) in [4.78, 5) is 49.5. The van der Waals surface area contributed by atoms with Crippen LogP contribution in [0.5, 0.6) is 0 Å². The molecule has 1 unspecified atom stereocenters. The Morgan fingerprint density at radius 1 is 1.00 bits per heavy atom. The van der Waals surface area contributed by atoms with Crippen molar-refractivity contribution in [1.29, 1.82) is 0 Å². The van der Waals surface area contributed by atoms with Gasteiger partial charge < -0.3 is 14.5 Å². The highest BCUT2D eigenvalue weighted by Crippen LogP contribution is 2.42. The summed E-state index contributed by atoms with van der Waals surface area (Å²) in [7, 11) is 0. The first-order valence-corrected chi connectivity index (χ1v) is 16.1. The van der Waals surface area contributed by atoms with Crippen LogP contribution in [0.4, 0.5) is 4.79 Å². The average Bonchev–Trinajstić information content (AvgIpc) is 2.97. The minimum absolute atomic E-state index is 0.0477. The molecule has 0 aromatic rings. The third-order valence-corrected chi connectivity index (χ3v) is 10.6. The highest BCUT2D eigenvalue weighted by atomic mass is 16.6. The third-order valence-electron chi connectivity index (χ3n) is 10.6. The fourth-order valence-electron chi connectivity index (χ4n) is 7.95. The van der Waals surface area contributed by atoms with Crippen molar-refractivity contribution >= 4 is 23.5 Å². The average molecular weight is 555 g/mol. The first-order chi connectivity index (χ1) is 19.3. The molecule has 0 aromatic heterocycles. The van der Waals surface area contributed by atoms with Gasteiger partial charge in [0.05, 0.1) is 5.57 Å². The number of aliphatic imine (C=N–C) groups is 1. The summed E-state index contributed by atoms with van der Waals surface area (Å²) in [6.07, 6.45) is 13.5. The number of piperidine rings is 2. The van der Waals surface area contributed by atoms with Crippen LogP contribution in [-0.2, 0) is 14.3 Å². The lowest BCUT2D eigenvalue weighted by atomic mass is 9.75. The second-order valence-electron chi connectivity index (χ2n) is 13.1. The van der Waals surface area contributed by atoms with Crippen molar-refractivity contribution in [2.45, 2.75) is 109 Å². The number of carbonyl (C=O) groups excluding carboxylic acids is 3. The van der Waals surface area contributed by atoms with Crippen molar-refractivity contribution in [2.75, 3.05) is 45.8 Å². The molecule has 1 spiro atoms. The molecule has 2 amide bonds. The molecule has 5 rings (SSSR count). The molecule has 5 aliphatic rings. The van der Waals surface area contributed by atoms with Crippen LogP contribution in [-0.4, -0.2) is 95.7 Å². The zero-order valence-corrected chi connectivity index (χ0v) is 25.1. The Morgan fingerprint density at radius 3 is 2.38 bits per heavy atom. The number of dihydropyridines is 1. The second kappa shape index (κ2) is 12.7. The van der Waals surface area contributed by atoms with Crippen molar-refractivity contribution in [3.05, 3.63) is 11.1 Å². The summed E-state index contributed by atoms with van der Waals surface area (Å²) >= 11 is 0. The number of unbranched alkanes of at least 4 members (excludes halogenated alkanes) is 1. The third kappa shape index (κ3) is 6.17. The van der Waals surface area contributed by atoms with Gasteiger partial charge in [-0.05, 0) is 51.9 Å². The van der Waals surface area contributed by atoms with Crippen LogP contribution in [0.3, 0.4) is 0 Å². The molecule has 222 valence electrons. The van der Waals surface area contributed by atoms with Crippen molar-refractivity contribution in [1.82, 2.24) is 14.7 Å². The molecule has 0 bridgehead atoms. The van der Waals surface area contributed by atoms with Crippen molar-refractivity contribution in [3.63, 3.8) is 0 Å². The number of Topliss-reactive ketones (excluding diaryl/α,β-unsaturated/α-hetero) is 1. The van der Waals surface area contributed by atoms with E-state index in [0.29, 0.717) is 47.8 Å². The van der Waals surface area contributed by atoms with E-state index in [9.17, 15) is 14.4 Å². The van der Waals surface area contributed by atoms with Crippen LogP contribution < -0.4 is 0 Å².